The Kier molecular flexibility index (Phi) is 6.27. The van der Waals surface area contributed by atoms with Gasteiger partial charge in [-0.2, -0.15) is 10.4 Å². The number of anilines is 3. The first-order valence-electron chi connectivity index (χ1n) is 10.2. The molecule has 0 spiro atoms. The van der Waals surface area contributed by atoms with Crippen molar-refractivity contribution < 1.29 is 19.4 Å². The van der Waals surface area contributed by atoms with Crippen LogP contribution in [0.3, 0.4) is 0 Å². The van der Waals surface area contributed by atoms with Crippen molar-refractivity contribution in [2.75, 3.05) is 17.2 Å². The van der Waals surface area contributed by atoms with E-state index in [1.54, 1.807) is 13.1 Å². The highest BCUT2D eigenvalue weighted by Gasteiger charge is 2.17. The number of hydrogen-bond donors (Lipinski definition) is 4. The summed E-state index contributed by atoms with van der Waals surface area (Å²) in [6.45, 7) is 1.26. The molecule has 4 rings (SSSR count). The van der Waals surface area contributed by atoms with E-state index >= 15 is 0 Å². The van der Waals surface area contributed by atoms with E-state index in [0.29, 0.717) is 33.8 Å². The van der Waals surface area contributed by atoms with Gasteiger partial charge in [0.2, 0.25) is 0 Å². The summed E-state index contributed by atoms with van der Waals surface area (Å²) in [5, 5.41) is 30.7. The number of benzene rings is 2. The van der Waals surface area contributed by atoms with Gasteiger partial charge in [0.1, 0.15) is 24.1 Å². The third-order valence-electron chi connectivity index (χ3n) is 4.93. The second-order valence-corrected chi connectivity index (χ2v) is 7.27. The normalized spacial score (nSPS) is 10.4. The summed E-state index contributed by atoms with van der Waals surface area (Å²) < 4.78 is 7.36. The molecule has 0 aliphatic heterocycles. The van der Waals surface area contributed by atoms with Gasteiger partial charge < -0.3 is 25.8 Å². The molecule has 4 aromatic rings. The lowest BCUT2D eigenvalue weighted by molar-refractivity contribution is -0.135. The first-order valence-corrected chi connectivity index (χ1v) is 10.2. The summed E-state index contributed by atoms with van der Waals surface area (Å²) in [6, 6.07) is 18.2. The summed E-state index contributed by atoms with van der Waals surface area (Å²) in [6.07, 6.45) is 3.02. The second kappa shape index (κ2) is 9.62. The summed E-state index contributed by atoms with van der Waals surface area (Å²) in [4.78, 5) is 22.7. The van der Waals surface area contributed by atoms with Crippen LogP contribution in [0.15, 0.2) is 67.0 Å². The highest BCUT2D eigenvalue weighted by molar-refractivity contribution is 5.95. The van der Waals surface area contributed by atoms with Crippen LogP contribution in [0, 0.1) is 18.3 Å². The number of aromatic nitrogens is 2. The lowest BCUT2D eigenvalue weighted by Crippen LogP contribution is -2.33. The first-order chi connectivity index (χ1) is 16.4. The Hall–Kier alpha value is -5.04. The van der Waals surface area contributed by atoms with Crippen molar-refractivity contribution in [3.63, 3.8) is 0 Å². The SMILES string of the molecule is Cc1c(NC(=O)NCC(=O)O)cn2ncc(C#N)c(Nc3ccc(Oc4ccccc4)cc3)c12. The molecule has 2 aromatic carbocycles. The van der Waals surface area contributed by atoms with Crippen molar-refractivity contribution >= 4 is 34.6 Å². The standard InChI is InChI=1S/C24H20N6O4/c1-15-20(29-24(33)26-13-21(31)32)14-30-23(15)22(16(11-25)12-27-30)28-17-7-9-19(10-8-17)34-18-5-3-2-4-6-18/h2-10,12,14,28H,13H2,1H3,(H,31,32)(H2,26,29,33). The number of aryl methyl sites for hydroxylation is 1. The van der Waals surface area contributed by atoms with Crippen molar-refractivity contribution in [2.45, 2.75) is 6.92 Å². The molecule has 2 aromatic heterocycles. The van der Waals surface area contributed by atoms with Crippen LogP contribution in [-0.2, 0) is 4.79 Å². The predicted molar refractivity (Wildman–Crippen MR) is 126 cm³/mol. The number of carboxylic acid groups (broad SMARTS) is 1. The lowest BCUT2D eigenvalue weighted by Gasteiger charge is -2.12. The Bertz CT molecular complexity index is 1390. The van der Waals surface area contributed by atoms with Gasteiger partial charge in [0.15, 0.2) is 0 Å². The van der Waals surface area contributed by atoms with Gasteiger partial charge in [-0.05, 0) is 43.3 Å². The molecule has 10 heteroatoms. The van der Waals surface area contributed by atoms with Gasteiger partial charge in [0.25, 0.3) is 0 Å². The fraction of sp³-hybridized carbons (Fsp3) is 0.0833. The number of nitrogens with zero attached hydrogens (tertiary/aromatic N) is 3. The number of aliphatic carboxylic acids is 1. The molecule has 0 saturated carbocycles. The summed E-state index contributed by atoms with van der Waals surface area (Å²) in [7, 11) is 0. The van der Waals surface area contributed by atoms with E-state index in [1.807, 2.05) is 54.6 Å². The lowest BCUT2D eigenvalue weighted by atomic mass is 10.1. The molecular weight excluding hydrogens is 436 g/mol. The molecule has 2 amide bonds. The number of nitriles is 1. The molecular formula is C24H20N6O4. The molecule has 10 nitrogen and oxygen atoms in total. The molecule has 0 aliphatic carbocycles. The number of nitrogens with one attached hydrogen (secondary N) is 3. The Balaban J connectivity index is 1.60. The van der Waals surface area contributed by atoms with Crippen molar-refractivity contribution in [3.05, 3.63) is 78.1 Å². The largest absolute Gasteiger partial charge is 0.480 e. The van der Waals surface area contributed by atoms with Crippen LogP contribution in [0.1, 0.15) is 11.1 Å². The zero-order valence-corrected chi connectivity index (χ0v) is 18.1. The highest BCUT2D eigenvalue weighted by Crippen LogP contribution is 2.33. The van der Waals surface area contributed by atoms with E-state index in [4.69, 9.17) is 9.84 Å². The molecule has 4 N–H and O–H groups in total. The van der Waals surface area contributed by atoms with Crippen molar-refractivity contribution in [2.24, 2.45) is 0 Å². The van der Waals surface area contributed by atoms with Crippen LogP contribution in [0.5, 0.6) is 11.5 Å². The zero-order valence-electron chi connectivity index (χ0n) is 18.1. The Morgan fingerprint density at radius 3 is 2.50 bits per heavy atom. The molecule has 0 aliphatic rings. The second-order valence-electron chi connectivity index (χ2n) is 7.27. The first kappa shape index (κ1) is 22.2. The average Bonchev–Trinajstić information content (AvgIpc) is 3.15. The van der Waals surface area contributed by atoms with Crippen molar-refractivity contribution in [1.82, 2.24) is 14.9 Å². The number of carboxylic acids is 1. The van der Waals surface area contributed by atoms with E-state index in [-0.39, 0.29) is 0 Å². The van der Waals surface area contributed by atoms with E-state index in [9.17, 15) is 14.9 Å². The van der Waals surface area contributed by atoms with Crippen LogP contribution in [0.4, 0.5) is 21.9 Å². The van der Waals surface area contributed by atoms with Gasteiger partial charge in [0.05, 0.1) is 34.8 Å². The third kappa shape index (κ3) is 4.89. The number of amides is 2. The number of urea groups is 1. The molecule has 0 atom stereocenters. The molecule has 0 unspecified atom stereocenters. The molecule has 34 heavy (non-hydrogen) atoms. The number of ether oxygens (including phenoxy) is 1. The van der Waals surface area contributed by atoms with Gasteiger partial charge in [-0.25, -0.2) is 9.31 Å². The summed E-state index contributed by atoms with van der Waals surface area (Å²) in [5.41, 5.74) is 3.24. The zero-order chi connectivity index (χ0) is 24.1. The number of rotatable bonds is 7. The Labute approximate surface area is 194 Å². The van der Waals surface area contributed by atoms with Gasteiger partial charge in [0, 0.05) is 11.3 Å². The van der Waals surface area contributed by atoms with Crippen LogP contribution in [0.2, 0.25) is 0 Å². The highest BCUT2D eigenvalue weighted by atomic mass is 16.5. The average molecular weight is 456 g/mol. The topological polar surface area (TPSA) is 141 Å². The van der Waals surface area contributed by atoms with Crippen molar-refractivity contribution in [3.8, 4) is 17.6 Å². The number of carbonyl (C=O) groups is 2. The molecule has 0 fully saturated rings. The monoisotopic (exact) mass is 456 g/mol. The van der Waals surface area contributed by atoms with Gasteiger partial charge >= 0.3 is 12.0 Å². The predicted octanol–water partition coefficient (Wildman–Crippen LogP) is 4.26. The quantitative estimate of drug-likeness (QED) is 0.326. The van der Waals surface area contributed by atoms with Crippen LogP contribution < -0.4 is 20.7 Å². The van der Waals surface area contributed by atoms with Gasteiger partial charge in [-0.1, -0.05) is 18.2 Å². The number of para-hydroxylation sites is 1. The Morgan fingerprint density at radius 2 is 1.82 bits per heavy atom. The Morgan fingerprint density at radius 1 is 1.12 bits per heavy atom. The maximum Gasteiger partial charge on any atom is 0.323 e. The summed E-state index contributed by atoms with van der Waals surface area (Å²) in [5.74, 6) is 0.234. The van der Waals surface area contributed by atoms with E-state index < -0.39 is 18.5 Å². The number of carbonyl (C=O) groups excluding carboxylic acids is 1. The van der Waals surface area contributed by atoms with Gasteiger partial charge in [-0.3, -0.25) is 4.79 Å². The minimum atomic E-state index is -1.15. The molecule has 0 bridgehead atoms. The molecule has 0 saturated heterocycles. The summed E-state index contributed by atoms with van der Waals surface area (Å²) >= 11 is 0. The third-order valence-corrected chi connectivity index (χ3v) is 4.93. The van der Waals surface area contributed by atoms with E-state index in [2.05, 4.69) is 27.1 Å². The van der Waals surface area contributed by atoms with Crippen LogP contribution >= 0.6 is 0 Å². The van der Waals surface area contributed by atoms with E-state index in [0.717, 1.165) is 11.4 Å². The van der Waals surface area contributed by atoms with E-state index in [1.165, 1.54) is 10.7 Å². The fourth-order valence-corrected chi connectivity index (χ4v) is 3.32. The molecule has 170 valence electrons. The maximum atomic E-state index is 12.0. The van der Waals surface area contributed by atoms with Crippen molar-refractivity contribution in [1.29, 1.82) is 5.26 Å². The molecule has 2 heterocycles. The minimum Gasteiger partial charge on any atom is -0.480 e. The smallest absolute Gasteiger partial charge is 0.323 e. The van der Waals surface area contributed by atoms with Crippen LogP contribution in [0.25, 0.3) is 5.52 Å². The number of fused-ring (bicyclic) bond motifs is 1. The fourth-order valence-electron chi connectivity index (χ4n) is 3.32. The van der Waals surface area contributed by atoms with Gasteiger partial charge in [-0.15, -0.1) is 0 Å². The molecule has 0 radical (unpaired) electrons. The minimum absolute atomic E-state index is 0.320. The van der Waals surface area contributed by atoms with Crippen LogP contribution in [-0.4, -0.2) is 33.3 Å². The maximum absolute atomic E-state index is 12.0. The number of hydrogen-bond acceptors (Lipinski definition) is 6.